The third-order valence-electron chi connectivity index (χ3n) is 4.91. The summed E-state index contributed by atoms with van der Waals surface area (Å²) in [6.07, 6.45) is 1.68. The van der Waals surface area contributed by atoms with Gasteiger partial charge in [-0.3, -0.25) is 9.59 Å². The van der Waals surface area contributed by atoms with Crippen LogP contribution in [0.4, 0.5) is 5.69 Å². The van der Waals surface area contributed by atoms with Crippen LogP contribution in [0.1, 0.15) is 29.6 Å². The van der Waals surface area contributed by atoms with E-state index in [0.717, 1.165) is 25.9 Å². The zero-order chi connectivity index (χ0) is 20.7. The van der Waals surface area contributed by atoms with Crippen LogP contribution in [0.3, 0.4) is 0 Å². The Labute approximate surface area is 170 Å². The van der Waals surface area contributed by atoms with Gasteiger partial charge in [-0.15, -0.1) is 0 Å². The quantitative estimate of drug-likeness (QED) is 0.493. The summed E-state index contributed by atoms with van der Waals surface area (Å²) in [6.45, 7) is 2.24. The van der Waals surface area contributed by atoms with Crippen molar-refractivity contribution in [2.24, 2.45) is 0 Å². The van der Waals surface area contributed by atoms with Crippen LogP contribution in [-0.4, -0.2) is 69.9 Å². The molecule has 2 rings (SSSR count). The van der Waals surface area contributed by atoms with Gasteiger partial charge in [-0.25, -0.2) is 0 Å². The molecule has 28 heavy (non-hydrogen) atoms. The lowest BCUT2D eigenvalue weighted by Crippen LogP contribution is -2.54. The lowest BCUT2D eigenvalue weighted by molar-refractivity contribution is -0.140. The number of hydrogen-bond acceptors (Lipinski definition) is 7. The Hall–Kier alpha value is -2.03. The van der Waals surface area contributed by atoms with Crippen molar-refractivity contribution in [2.75, 3.05) is 46.7 Å². The zero-order valence-corrected chi connectivity index (χ0v) is 17.3. The summed E-state index contributed by atoms with van der Waals surface area (Å²) in [7, 11) is 4.49. The number of amides is 1. The van der Waals surface area contributed by atoms with E-state index in [4.69, 9.17) is 26.8 Å². The predicted molar refractivity (Wildman–Crippen MR) is 107 cm³/mol. The van der Waals surface area contributed by atoms with Gasteiger partial charge in [-0.2, -0.15) is 0 Å². The Morgan fingerprint density at radius 3 is 2.71 bits per heavy atom. The number of nitrogens with one attached hydrogen (secondary N) is 1. The first-order valence-corrected chi connectivity index (χ1v) is 9.53. The van der Waals surface area contributed by atoms with Crippen molar-refractivity contribution in [3.8, 4) is 5.75 Å². The first kappa shape index (κ1) is 22.3. The number of methoxy groups -OCH3 is 3. The Morgan fingerprint density at radius 2 is 2.07 bits per heavy atom. The highest BCUT2D eigenvalue weighted by atomic mass is 35.5. The molecule has 8 nitrogen and oxygen atoms in total. The topological polar surface area (TPSA) is 103 Å². The minimum Gasteiger partial charge on any atom is -0.496 e. The minimum absolute atomic E-state index is 0.143. The molecule has 1 saturated heterocycles. The number of anilines is 1. The number of likely N-dealkylation sites (tertiary alicyclic amines) is 1. The number of rotatable bonds is 8. The molecule has 2 atom stereocenters. The summed E-state index contributed by atoms with van der Waals surface area (Å²) >= 11 is 6.06. The molecular weight excluding hydrogens is 386 g/mol. The Bertz CT molecular complexity index is 700. The molecule has 0 spiro atoms. The standard InChI is InChI=1S/C19H28ClN3O5/c1-26-16-10-14(21)13(20)9-12(16)19(25)22-15-6-8-23(11-17(15)27-2)7-4-5-18(24)28-3/h9-10,15,17H,4-8,11,21H2,1-3H3,(H,22,25)/t15-,17+/m1/s1. The molecule has 0 saturated carbocycles. The lowest BCUT2D eigenvalue weighted by atomic mass is 10.0. The van der Waals surface area contributed by atoms with Gasteiger partial charge in [0.1, 0.15) is 5.75 Å². The van der Waals surface area contributed by atoms with E-state index in [1.807, 2.05) is 0 Å². The molecule has 0 bridgehead atoms. The van der Waals surface area contributed by atoms with E-state index in [0.29, 0.717) is 35.0 Å². The molecule has 0 radical (unpaired) electrons. The molecule has 1 aliphatic heterocycles. The molecule has 1 aromatic rings. The van der Waals surface area contributed by atoms with Crippen LogP contribution in [0.2, 0.25) is 5.02 Å². The number of nitrogen functional groups attached to an aromatic ring is 1. The summed E-state index contributed by atoms with van der Waals surface area (Å²) < 4.78 is 15.5. The number of carbonyl (C=O) groups excluding carboxylic acids is 2. The highest BCUT2D eigenvalue weighted by Crippen LogP contribution is 2.29. The van der Waals surface area contributed by atoms with Gasteiger partial charge in [0.15, 0.2) is 0 Å². The third kappa shape index (κ3) is 5.73. The molecular formula is C19H28ClN3O5. The minimum atomic E-state index is -0.287. The number of halogens is 1. The van der Waals surface area contributed by atoms with Gasteiger partial charge in [-0.1, -0.05) is 11.6 Å². The molecule has 1 aromatic carbocycles. The van der Waals surface area contributed by atoms with E-state index in [9.17, 15) is 9.59 Å². The van der Waals surface area contributed by atoms with E-state index in [1.165, 1.54) is 26.4 Å². The van der Waals surface area contributed by atoms with Crippen molar-refractivity contribution in [1.29, 1.82) is 0 Å². The number of hydrogen-bond donors (Lipinski definition) is 2. The zero-order valence-electron chi connectivity index (χ0n) is 16.5. The number of piperidine rings is 1. The highest BCUT2D eigenvalue weighted by Gasteiger charge is 2.31. The Kier molecular flexibility index (Phi) is 8.35. The molecule has 1 aliphatic rings. The first-order valence-electron chi connectivity index (χ1n) is 9.15. The molecule has 0 aromatic heterocycles. The van der Waals surface area contributed by atoms with Gasteiger partial charge in [0.2, 0.25) is 0 Å². The number of ether oxygens (including phenoxy) is 3. The molecule has 0 aliphatic carbocycles. The molecule has 0 unspecified atom stereocenters. The molecule has 1 heterocycles. The normalized spacial score (nSPS) is 19.9. The number of esters is 1. The maximum Gasteiger partial charge on any atom is 0.305 e. The number of nitrogens with zero attached hydrogens (tertiary/aromatic N) is 1. The van der Waals surface area contributed by atoms with E-state index in [2.05, 4.69) is 15.0 Å². The van der Waals surface area contributed by atoms with Crippen LogP contribution in [0.15, 0.2) is 12.1 Å². The predicted octanol–water partition coefficient (Wildman–Crippen LogP) is 1.70. The summed E-state index contributed by atoms with van der Waals surface area (Å²) in [5, 5.41) is 3.32. The van der Waals surface area contributed by atoms with Gasteiger partial charge in [0, 0.05) is 32.7 Å². The summed E-state index contributed by atoms with van der Waals surface area (Å²) in [5.41, 5.74) is 6.46. The van der Waals surface area contributed by atoms with Gasteiger partial charge in [-0.05, 0) is 25.5 Å². The van der Waals surface area contributed by atoms with Gasteiger partial charge in [0.25, 0.3) is 5.91 Å². The monoisotopic (exact) mass is 413 g/mol. The lowest BCUT2D eigenvalue weighted by Gasteiger charge is -2.38. The smallest absolute Gasteiger partial charge is 0.305 e. The van der Waals surface area contributed by atoms with E-state index in [1.54, 1.807) is 7.11 Å². The van der Waals surface area contributed by atoms with Gasteiger partial charge < -0.3 is 30.2 Å². The Balaban J connectivity index is 1.96. The second-order valence-corrected chi connectivity index (χ2v) is 7.10. The van der Waals surface area contributed by atoms with Crippen LogP contribution < -0.4 is 15.8 Å². The van der Waals surface area contributed by atoms with E-state index in [-0.39, 0.29) is 24.0 Å². The second kappa shape index (κ2) is 10.5. The number of carbonyl (C=O) groups is 2. The average Bonchev–Trinajstić information content (AvgIpc) is 2.70. The van der Waals surface area contributed by atoms with Crippen molar-refractivity contribution in [3.05, 3.63) is 22.7 Å². The van der Waals surface area contributed by atoms with Crippen LogP contribution in [0.5, 0.6) is 5.75 Å². The molecule has 1 amide bonds. The summed E-state index contributed by atoms with van der Waals surface area (Å²) in [5.74, 6) is -0.125. The van der Waals surface area contributed by atoms with Gasteiger partial charge in [0.05, 0.1) is 42.6 Å². The van der Waals surface area contributed by atoms with Gasteiger partial charge >= 0.3 is 5.97 Å². The Morgan fingerprint density at radius 1 is 1.32 bits per heavy atom. The van der Waals surface area contributed by atoms with Crippen molar-refractivity contribution in [3.63, 3.8) is 0 Å². The van der Waals surface area contributed by atoms with Crippen molar-refractivity contribution in [1.82, 2.24) is 10.2 Å². The van der Waals surface area contributed by atoms with Crippen LogP contribution >= 0.6 is 11.6 Å². The fourth-order valence-corrected chi connectivity index (χ4v) is 3.46. The van der Waals surface area contributed by atoms with Crippen molar-refractivity contribution < 1.29 is 23.8 Å². The average molecular weight is 414 g/mol. The van der Waals surface area contributed by atoms with Crippen molar-refractivity contribution in [2.45, 2.75) is 31.4 Å². The molecule has 1 fully saturated rings. The SMILES string of the molecule is COC(=O)CCCN1CC[C@@H](NC(=O)c2cc(Cl)c(N)cc2OC)[C@@H](OC)C1. The van der Waals surface area contributed by atoms with E-state index < -0.39 is 0 Å². The number of nitrogens with two attached hydrogens (primary N) is 1. The van der Waals surface area contributed by atoms with Crippen LogP contribution in [0.25, 0.3) is 0 Å². The molecule has 156 valence electrons. The maximum absolute atomic E-state index is 12.8. The largest absolute Gasteiger partial charge is 0.496 e. The first-order chi connectivity index (χ1) is 13.4. The molecule has 9 heteroatoms. The highest BCUT2D eigenvalue weighted by molar-refractivity contribution is 6.33. The van der Waals surface area contributed by atoms with E-state index >= 15 is 0 Å². The fraction of sp³-hybridized carbons (Fsp3) is 0.579. The summed E-state index contributed by atoms with van der Waals surface area (Å²) in [4.78, 5) is 26.2. The third-order valence-corrected chi connectivity index (χ3v) is 5.24. The fourth-order valence-electron chi connectivity index (χ4n) is 3.30. The van der Waals surface area contributed by atoms with Crippen LogP contribution in [0, 0.1) is 0 Å². The van der Waals surface area contributed by atoms with Crippen LogP contribution in [-0.2, 0) is 14.3 Å². The second-order valence-electron chi connectivity index (χ2n) is 6.70. The number of benzene rings is 1. The summed E-state index contributed by atoms with van der Waals surface area (Å²) in [6, 6.07) is 2.90. The van der Waals surface area contributed by atoms with Crippen molar-refractivity contribution >= 4 is 29.2 Å². The maximum atomic E-state index is 12.8. The molecule has 3 N–H and O–H groups in total.